The van der Waals surface area contributed by atoms with E-state index in [2.05, 4.69) is 45.9 Å². The first-order chi connectivity index (χ1) is 7.70. The van der Waals surface area contributed by atoms with Crippen LogP contribution in [0.3, 0.4) is 0 Å². The zero-order valence-electron chi connectivity index (χ0n) is 9.50. The Bertz CT molecular complexity index is 555. The van der Waals surface area contributed by atoms with Gasteiger partial charge in [-0.3, -0.25) is 0 Å². The highest BCUT2D eigenvalue weighted by atomic mass is 79.9. The molecular formula is C12H14BrN3. The van der Waals surface area contributed by atoms with Crippen LogP contribution in [-0.2, 0) is 6.42 Å². The van der Waals surface area contributed by atoms with Crippen LogP contribution in [0.4, 0.5) is 0 Å². The van der Waals surface area contributed by atoms with Gasteiger partial charge in [0.2, 0.25) is 0 Å². The van der Waals surface area contributed by atoms with Crippen molar-refractivity contribution in [1.82, 2.24) is 14.6 Å². The average Bonchev–Trinajstić information content (AvgIpc) is 3.00. The van der Waals surface area contributed by atoms with Crippen LogP contribution < -0.4 is 0 Å². The third kappa shape index (κ3) is 1.47. The van der Waals surface area contributed by atoms with E-state index in [0.717, 1.165) is 22.5 Å². The predicted molar refractivity (Wildman–Crippen MR) is 66.8 cm³/mol. The van der Waals surface area contributed by atoms with Crippen LogP contribution in [0.15, 0.2) is 10.7 Å². The van der Waals surface area contributed by atoms with Gasteiger partial charge in [-0.1, -0.05) is 6.92 Å². The van der Waals surface area contributed by atoms with Gasteiger partial charge in [-0.2, -0.15) is 0 Å². The van der Waals surface area contributed by atoms with E-state index >= 15 is 0 Å². The van der Waals surface area contributed by atoms with Crippen molar-refractivity contribution in [2.24, 2.45) is 0 Å². The maximum absolute atomic E-state index is 4.59. The SMILES string of the molecule is CCc1c(C)cc2nc(C3CC3)nn2c1Br. The molecule has 0 saturated heterocycles. The zero-order chi connectivity index (χ0) is 11.3. The Labute approximate surface area is 103 Å². The van der Waals surface area contributed by atoms with Crippen molar-refractivity contribution >= 4 is 21.6 Å². The summed E-state index contributed by atoms with van der Waals surface area (Å²) in [7, 11) is 0. The molecule has 2 heterocycles. The highest BCUT2D eigenvalue weighted by molar-refractivity contribution is 9.10. The number of hydrogen-bond acceptors (Lipinski definition) is 2. The first-order valence-electron chi connectivity index (χ1n) is 5.75. The fraction of sp³-hybridized carbons (Fsp3) is 0.500. The topological polar surface area (TPSA) is 30.2 Å². The first-order valence-corrected chi connectivity index (χ1v) is 6.54. The van der Waals surface area contributed by atoms with Gasteiger partial charge in [-0.25, -0.2) is 9.50 Å². The van der Waals surface area contributed by atoms with Crippen LogP contribution in [0.25, 0.3) is 5.65 Å². The van der Waals surface area contributed by atoms with Crippen LogP contribution in [0.1, 0.15) is 42.6 Å². The highest BCUT2D eigenvalue weighted by Gasteiger charge is 2.28. The Morgan fingerprint density at radius 2 is 2.25 bits per heavy atom. The Hall–Kier alpha value is -0.900. The number of rotatable bonds is 2. The molecule has 3 rings (SSSR count). The average molecular weight is 280 g/mol. The molecule has 0 radical (unpaired) electrons. The van der Waals surface area contributed by atoms with Crippen molar-refractivity contribution in [1.29, 1.82) is 0 Å². The molecule has 1 fully saturated rings. The quantitative estimate of drug-likeness (QED) is 0.790. The second-order valence-electron chi connectivity index (χ2n) is 4.46. The van der Waals surface area contributed by atoms with Crippen molar-refractivity contribution in [3.63, 3.8) is 0 Å². The molecule has 0 bridgehead atoms. The largest absolute Gasteiger partial charge is 0.212 e. The molecule has 2 aromatic heterocycles. The summed E-state index contributed by atoms with van der Waals surface area (Å²) >= 11 is 3.64. The molecule has 0 unspecified atom stereocenters. The van der Waals surface area contributed by atoms with Gasteiger partial charge < -0.3 is 0 Å². The fourth-order valence-electron chi connectivity index (χ4n) is 2.09. The minimum atomic E-state index is 0.609. The van der Waals surface area contributed by atoms with Crippen molar-refractivity contribution in [2.75, 3.05) is 0 Å². The molecule has 84 valence electrons. The molecule has 4 heteroatoms. The fourth-order valence-corrected chi connectivity index (χ4v) is 2.94. The lowest BCUT2D eigenvalue weighted by Gasteiger charge is -2.06. The number of halogens is 1. The van der Waals surface area contributed by atoms with Crippen LogP contribution in [0.2, 0.25) is 0 Å². The standard InChI is InChI=1S/C12H14BrN3/c1-3-9-7(2)6-10-14-12(8-4-5-8)15-16(10)11(9)13/h6,8H,3-5H2,1-2H3. The summed E-state index contributed by atoms with van der Waals surface area (Å²) in [5, 5.41) is 4.58. The van der Waals surface area contributed by atoms with E-state index < -0.39 is 0 Å². The van der Waals surface area contributed by atoms with E-state index in [9.17, 15) is 0 Å². The van der Waals surface area contributed by atoms with Gasteiger partial charge in [-0.15, -0.1) is 5.10 Å². The van der Waals surface area contributed by atoms with E-state index in [-0.39, 0.29) is 0 Å². The predicted octanol–water partition coefficient (Wildman–Crippen LogP) is 3.24. The summed E-state index contributed by atoms with van der Waals surface area (Å²) in [4.78, 5) is 4.59. The molecule has 3 nitrogen and oxygen atoms in total. The lowest BCUT2D eigenvalue weighted by Crippen LogP contribution is -1.98. The van der Waals surface area contributed by atoms with Crippen molar-refractivity contribution < 1.29 is 0 Å². The van der Waals surface area contributed by atoms with Gasteiger partial charge >= 0.3 is 0 Å². The molecule has 0 aromatic carbocycles. The minimum Gasteiger partial charge on any atom is -0.212 e. The molecule has 1 aliphatic carbocycles. The summed E-state index contributed by atoms with van der Waals surface area (Å²) in [6.45, 7) is 4.30. The third-order valence-corrected chi connectivity index (χ3v) is 4.02. The third-order valence-electron chi connectivity index (χ3n) is 3.20. The van der Waals surface area contributed by atoms with Crippen molar-refractivity contribution in [3.05, 3.63) is 27.6 Å². The van der Waals surface area contributed by atoms with Gasteiger partial charge in [0.1, 0.15) is 4.60 Å². The summed E-state index contributed by atoms with van der Waals surface area (Å²) in [5.74, 6) is 1.62. The molecule has 0 atom stereocenters. The Morgan fingerprint density at radius 1 is 1.50 bits per heavy atom. The molecule has 2 aromatic rings. The van der Waals surface area contributed by atoms with E-state index in [0.29, 0.717) is 5.92 Å². The van der Waals surface area contributed by atoms with Crippen LogP contribution in [0.5, 0.6) is 0 Å². The van der Waals surface area contributed by atoms with E-state index in [4.69, 9.17) is 0 Å². The normalized spacial score (nSPS) is 15.9. The van der Waals surface area contributed by atoms with Gasteiger partial charge in [0.25, 0.3) is 0 Å². The van der Waals surface area contributed by atoms with Crippen molar-refractivity contribution in [2.45, 2.75) is 39.0 Å². The summed E-state index contributed by atoms with van der Waals surface area (Å²) in [6.07, 6.45) is 3.50. The van der Waals surface area contributed by atoms with Gasteiger partial charge in [-0.05, 0) is 59.3 Å². The Kier molecular flexibility index (Phi) is 2.28. The molecule has 0 spiro atoms. The second-order valence-corrected chi connectivity index (χ2v) is 5.22. The zero-order valence-corrected chi connectivity index (χ0v) is 11.1. The first kappa shape index (κ1) is 10.3. The summed E-state index contributed by atoms with van der Waals surface area (Å²) in [6, 6.07) is 2.13. The Balaban J connectivity index is 2.25. The molecule has 0 N–H and O–H groups in total. The number of pyridine rings is 1. The smallest absolute Gasteiger partial charge is 0.157 e. The maximum Gasteiger partial charge on any atom is 0.157 e. The van der Waals surface area contributed by atoms with E-state index in [1.54, 1.807) is 0 Å². The number of aromatic nitrogens is 3. The lowest BCUT2D eigenvalue weighted by atomic mass is 10.1. The highest BCUT2D eigenvalue weighted by Crippen LogP contribution is 2.38. The Morgan fingerprint density at radius 3 is 2.88 bits per heavy atom. The number of fused-ring (bicyclic) bond motifs is 1. The molecule has 16 heavy (non-hydrogen) atoms. The van der Waals surface area contributed by atoms with Gasteiger partial charge in [0.15, 0.2) is 11.5 Å². The molecule has 1 saturated carbocycles. The number of aryl methyl sites for hydroxylation is 1. The van der Waals surface area contributed by atoms with E-state index in [1.165, 1.54) is 24.0 Å². The maximum atomic E-state index is 4.59. The number of nitrogens with zero attached hydrogens (tertiary/aromatic N) is 3. The van der Waals surface area contributed by atoms with Gasteiger partial charge in [0.05, 0.1) is 0 Å². The lowest BCUT2D eigenvalue weighted by molar-refractivity contribution is 0.849. The summed E-state index contributed by atoms with van der Waals surface area (Å²) < 4.78 is 2.99. The number of hydrogen-bond donors (Lipinski definition) is 0. The van der Waals surface area contributed by atoms with E-state index in [1.807, 2.05) is 4.52 Å². The molecule has 0 amide bonds. The van der Waals surface area contributed by atoms with Gasteiger partial charge in [0, 0.05) is 5.92 Å². The van der Waals surface area contributed by atoms with Crippen LogP contribution in [0, 0.1) is 6.92 Å². The minimum absolute atomic E-state index is 0.609. The molecule has 1 aliphatic rings. The summed E-state index contributed by atoms with van der Waals surface area (Å²) in [5.41, 5.74) is 3.57. The monoisotopic (exact) mass is 279 g/mol. The molecular weight excluding hydrogens is 266 g/mol. The van der Waals surface area contributed by atoms with Crippen LogP contribution >= 0.6 is 15.9 Å². The van der Waals surface area contributed by atoms with Crippen LogP contribution in [-0.4, -0.2) is 14.6 Å². The molecule has 0 aliphatic heterocycles. The van der Waals surface area contributed by atoms with Crippen molar-refractivity contribution in [3.8, 4) is 0 Å². The second kappa shape index (κ2) is 3.55.